The molecule has 0 radical (unpaired) electrons. The lowest BCUT2D eigenvalue weighted by atomic mass is 9.84. The lowest BCUT2D eigenvalue weighted by Crippen LogP contribution is -2.18. The number of carbonyl (C=O) groups excluding carboxylic acids is 1. The smallest absolute Gasteiger partial charge is 0.224 e. The van der Waals surface area contributed by atoms with Crippen LogP contribution < -0.4 is 11.1 Å². The zero-order valence-electron chi connectivity index (χ0n) is 11.8. The molecule has 1 rings (SSSR count). The van der Waals surface area contributed by atoms with Crippen LogP contribution in [0.2, 0.25) is 0 Å². The Morgan fingerprint density at radius 3 is 2.33 bits per heavy atom. The molecule has 3 heteroatoms. The Bertz CT molecular complexity index is 390. The van der Waals surface area contributed by atoms with Gasteiger partial charge in [-0.25, -0.2) is 0 Å². The molecule has 3 N–H and O–H groups in total. The van der Waals surface area contributed by atoms with Gasteiger partial charge in [0.2, 0.25) is 5.91 Å². The van der Waals surface area contributed by atoms with Crippen LogP contribution in [-0.4, -0.2) is 5.91 Å². The number of amides is 1. The van der Waals surface area contributed by atoms with Gasteiger partial charge in [-0.15, -0.1) is 0 Å². The van der Waals surface area contributed by atoms with E-state index in [0.717, 1.165) is 12.1 Å². The van der Waals surface area contributed by atoms with Gasteiger partial charge in [-0.1, -0.05) is 27.7 Å². The molecule has 0 saturated heterocycles. The van der Waals surface area contributed by atoms with Crippen molar-refractivity contribution in [2.75, 3.05) is 11.1 Å². The van der Waals surface area contributed by atoms with Crippen molar-refractivity contribution >= 4 is 17.3 Å². The second-order valence-corrected chi connectivity index (χ2v) is 6.24. The molecular weight excluding hydrogens is 224 g/mol. The molecular formula is C15H24N2O. The maximum atomic E-state index is 11.9. The number of rotatable bonds is 4. The Morgan fingerprint density at radius 1 is 1.28 bits per heavy atom. The van der Waals surface area contributed by atoms with Crippen molar-refractivity contribution in [3.8, 4) is 0 Å². The Labute approximate surface area is 110 Å². The normalized spacial score (nSPS) is 13.1. The number of hydrogen-bond donors (Lipinski definition) is 2. The number of nitrogen functional groups attached to an aromatic ring is 1. The van der Waals surface area contributed by atoms with Gasteiger partial charge >= 0.3 is 0 Å². The highest BCUT2D eigenvalue weighted by Gasteiger charge is 2.17. The molecule has 0 fully saturated rings. The van der Waals surface area contributed by atoms with Gasteiger partial charge in [0.05, 0.1) is 0 Å². The van der Waals surface area contributed by atoms with Gasteiger partial charge in [-0.3, -0.25) is 4.79 Å². The minimum atomic E-state index is 0.0662. The molecule has 18 heavy (non-hydrogen) atoms. The molecule has 1 aromatic carbocycles. The third-order valence-corrected chi connectivity index (χ3v) is 2.69. The lowest BCUT2D eigenvalue weighted by Gasteiger charge is -2.22. The summed E-state index contributed by atoms with van der Waals surface area (Å²) in [6, 6.07) is 7.21. The SMILES string of the molecule is CC(CC(=O)Nc1ccc(N)cc1)CC(C)(C)C. The Morgan fingerprint density at radius 2 is 1.83 bits per heavy atom. The number of nitrogens with one attached hydrogen (secondary N) is 1. The van der Waals surface area contributed by atoms with E-state index < -0.39 is 0 Å². The molecule has 0 heterocycles. The fourth-order valence-electron chi connectivity index (χ4n) is 2.21. The van der Waals surface area contributed by atoms with Crippen molar-refractivity contribution in [1.82, 2.24) is 0 Å². The van der Waals surface area contributed by atoms with E-state index in [1.165, 1.54) is 0 Å². The summed E-state index contributed by atoms with van der Waals surface area (Å²) in [5.74, 6) is 0.454. The van der Waals surface area contributed by atoms with Gasteiger partial charge < -0.3 is 11.1 Å². The number of nitrogens with two attached hydrogens (primary N) is 1. The molecule has 0 spiro atoms. The number of anilines is 2. The summed E-state index contributed by atoms with van der Waals surface area (Å²) in [7, 11) is 0. The maximum absolute atomic E-state index is 11.9. The maximum Gasteiger partial charge on any atom is 0.224 e. The highest BCUT2D eigenvalue weighted by atomic mass is 16.1. The Kier molecular flexibility index (Phi) is 4.76. The molecule has 0 saturated carbocycles. The van der Waals surface area contributed by atoms with E-state index in [4.69, 9.17) is 5.73 Å². The van der Waals surface area contributed by atoms with Crippen molar-refractivity contribution in [1.29, 1.82) is 0 Å². The van der Waals surface area contributed by atoms with Gasteiger partial charge in [0.25, 0.3) is 0 Å². The predicted molar refractivity (Wildman–Crippen MR) is 77.3 cm³/mol. The average Bonchev–Trinajstić information content (AvgIpc) is 2.18. The zero-order chi connectivity index (χ0) is 13.8. The van der Waals surface area contributed by atoms with Gasteiger partial charge in [0.1, 0.15) is 0 Å². The lowest BCUT2D eigenvalue weighted by molar-refractivity contribution is -0.117. The van der Waals surface area contributed by atoms with E-state index in [-0.39, 0.29) is 11.3 Å². The van der Waals surface area contributed by atoms with Crippen molar-refractivity contribution in [3.63, 3.8) is 0 Å². The first-order valence-electron chi connectivity index (χ1n) is 6.42. The fraction of sp³-hybridized carbons (Fsp3) is 0.533. The van der Waals surface area contributed by atoms with E-state index in [2.05, 4.69) is 33.0 Å². The highest BCUT2D eigenvalue weighted by molar-refractivity contribution is 5.90. The van der Waals surface area contributed by atoms with E-state index in [0.29, 0.717) is 18.0 Å². The minimum Gasteiger partial charge on any atom is -0.399 e. The van der Waals surface area contributed by atoms with Gasteiger partial charge in [0.15, 0.2) is 0 Å². The van der Waals surface area contributed by atoms with E-state index in [1.807, 2.05) is 12.1 Å². The predicted octanol–water partition coefficient (Wildman–Crippen LogP) is 3.67. The third-order valence-electron chi connectivity index (χ3n) is 2.69. The monoisotopic (exact) mass is 248 g/mol. The molecule has 1 amide bonds. The van der Waals surface area contributed by atoms with Crippen LogP contribution in [0.15, 0.2) is 24.3 Å². The quantitative estimate of drug-likeness (QED) is 0.799. The number of carbonyl (C=O) groups is 1. The van der Waals surface area contributed by atoms with Crippen molar-refractivity contribution < 1.29 is 4.79 Å². The van der Waals surface area contributed by atoms with Gasteiger partial charge in [0, 0.05) is 17.8 Å². The molecule has 0 aromatic heterocycles. The molecule has 0 aliphatic rings. The molecule has 0 aliphatic heterocycles. The zero-order valence-corrected chi connectivity index (χ0v) is 11.8. The first-order chi connectivity index (χ1) is 8.26. The summed E-state index contributed by atoms with van der Waals surface area (Å²) in [4.78, 5) is 11.9. The van der Waals surface area contributed by atoms with Gasteiger partial charge in [-0.2, -0.15) is 0 Å². The van der Waals surface area contributed by atoms with E-state index >= 15 is 0 Å². The van der Waals surface area contributed by atoms with Crippen LogP contribution in [0.1, 0.15) is 40.5 Å². The van der Waals surface area contributed by atoms with Crippen LogP contribution in [0.4, 0.5) is 11.4 Å². The van der Waals surface area contributed by atoms with E-state index in [9.17, 15) is 4.79 Å². The molecule has 100 valence electrons. The van der Waals surface area contributed by atoms with Crippen LogP contribution in [0, 0.1) is 11.3 Å². The van der Waals surface area contributed by atoms with Gasteiger partial charge in [-0.05, 0) is 42.0 Å². The highest BCUT2D eigenvalue weighted by Crippen LogP contribution is 2.26. The van der Waals surface area contributed by atoms with Crippen molar-refractivity contribution in [2.45, 2.75) is 40.5 Å². The second-order valence-electron chi connectivity index (χ2n) is 6.24. The third kappa shape index (κ3) is 5.71. The summed E-state index contributed by atoms with van der Waals surface area (Å²) >= 11 is 0. The molecule has 3 nitrogen and oxygen atoms in total. The first kappa shape index (κ1) is 14.6. The minimum absolute atomic E-state index is 0.0662. The number of hydrogen-bond acceptors (Lipinski definition) is 2. The second kappa shape index (κ2) is 5.89. The topological polar surface area (TPSA) is 55.1 Å². The summed E-state index contributed by atoms with van der Waals surface area (Å²) < 4.78 is 0. The summed E-state index contributed by atoms with van der Waals surface area (Å²) in [6.07, 6.45) is 1.60. The van der Waals surface area contributed by atoms with E-state index in [1.54, 1.807) is 12.1 Å². The average molecular weight is 248 g/mol. The fourth-order valence-corrected chi connectivity index (χ4v) is 2.21. The molecule has 1 atom stereocenters. The summed E-state index contributed by atoms with van der Waals surface area (Å²) in [6.45, 7) is 8.71. The number of benzene rings is 1. The molecule has 0 aliphatic carbocycles. The van der Waals surface area contributed by atoms with Crippen LogP contribution in [0.3, 0.4) is 0 Å². The molecule has 1 aromatic rings. The summed E-state index contributed by atoms with van der Waals surface area (Å²) in [5.41, 5.74) is 7.37. The summed E-state index contributed by atoms with van der Waals surface area (Å²) in [5, 5.41) is 2.89. The van der Waals surface area contributed by atoms with Crippen molar-refractivity contribution in [3.05, 3.63) is 24.3 Å². The van der Waals surface area contributed by atoms with Crippen LogP contribution in [0.25, 0.3) is 0 Å². The molecule has 0 bridgehead atoms. The Balaban J connectivity index is 2.44. The van der Waals surface area contributed by atoms with Crippen LogP contribution >= 0.6 is 0 Å². The Hall–Kier alpha value is -1.51. The molecule has 1 unspecified atom stereocenters. The standard InChI is InChI=1S/C15H24N2O/c1-11(10-15(2,3)4)9-14(18)17-13-7-5-12(16)6-8-13/h5-8,11H,9-10,16H2,1-4H3,(H,17,18). The van der Waals surface area contributed by atoms with Crippen molar-refractivity contribution in [2.24, 2.45) is 11.3 Å². The first-order valence-corrected chi connectivity index (χ1v) is 6.42. The van der Waals surface area contributed by atoms with Crippen LogP contribution in [0.5, 0.6) is 0 Å². The largest absolute Gasteiger partial charge is 0.399 e. The van der Waals surface area contributed by atoms with Crippen LogP contribution in [-0.2, 0) is 4.79 Å².